The van der Waals surface area contributed by atoms with Gasteiger partial charge in [-0.1, -0.05) is 15.9 Å². The standard InChI is InChI=1S/C13H10BrNS2/c1-7-8(2)16-6-10(7)13-15-11-5-9(14)3-4-12(11)17-13/h3-6H,1-2H3. The number of halogens is 1. The Hall–Kier alpha value is -0.710. The first-order chi connectivity index (χ1) is 8.15. The van der Waals surface area contributed by atoms with Crippen molar-refractivity contribution in [2.24, 2.45) is 0 Å². The average molecular weight is 324 g/mol. The van der Waals surface area contributed by atoms with Gasteiger partial charge in [0.05, 0.1) is 10.2 Å². The summed E-state index contributed by atoms with van der Waals surface area (Å²) < 4.78 is 2.33. The van der Waals surface area contributed by atoms with E-state index in [-0.39, 0.29) is 0 Å². The molecule has 0 radical (unpaired) electrons. The minimum Gasteiger partial charge on any atom is -0.236 e. The summed E-state index contributed by atoms with van der Waals surface area (Å²) in [7, 11) is 0. The highest BCUT2D eigenvalue weighted by atomic mass is 79.9. The van der Waals surface area contributed by atoms with Crippen LogP contribution in [-0.2, 0) is 0 Å². The predicted molar refractivity (Wildman–Crippen MR) is 80.1 cm³/mol. The van der Waals surface area contributed by atoms with E-state index >= 15 is 0 Å². The van der Waals surface area contributed by atoms with Crippen molar-refractivity contribution in [1.29, 1.82) is 0 Å². The molecule has 2 aromatic heterocycles. The van der Waals surface area contributed by atoms with Crippen molar-refractivity contribution in [3.8, 4) is 10.6 Å². The van der Waals surface area contributed by atoms with Gasteiger partial charge in [0.2, 0.25) is 0 Å². The van der Waals surface area contributed by atoms with Crippen molar-refractivity contribution in [3.63, 3.8) is 0 Å². The van der Waals surface area contributed by atoms with Crippen LogP contribution < -0.4 is 0 Å². The summed E-state index contributed by atoms with van der Waals surface area (Å²) in [6.45, 7) is 4.33. The molecule has 0 atom stereocenters. The molecule has 2 heterocycles. The fourth-order valence-electron chi connectivity index (χ4n) is 1.74. The van der Waals surface area contributed by atoms with Crippen LogP contribution in [0.25, 0.3) is 20.8 Å². The van der Waals surface area contributed by atoms with Crippen LogP contribution in [0, 0.1) is 13.8 Å². The second-order valence-corrected chi connectivity index (χ2v) is 6.99. The second kappa shape index (κ2) is 4.19. The third-order valence-corrected chi connectivity index (χ3v) is 5.44. The summed E-state index contributed by atoms with van der Waals surface area (Å²) in [5.74, 6) is 0. The minimum absolute atomic E-state index is 1.07. The summed E-state index contributed by atoms with van der Waals surface area (Å²) in [6, 6.07) is 6.26. The zero-order chi connectivity index (χ0) is 12.0. The zero-order valence-electron chi connectivity index (χ0n) is 9.45. The fourth-order valence-corrected chi connectivity index (χ4v) is 4.05. The van der Waals surface area contributed by atoms with Gasteiger partial charge >= 0.3 is 0 Å². The molecule has 0 amide bonds. The van der Waals surface area contributed by atoms with Crippen LogP contribution in [0.4, 0.5) is 0 Å². The monoisotopic (exact) mass is 323 g/mol. The van der Waals surface area contributed by atoms with Gasteiger partial charge in [-0.3, -0.25) is 0 Å². The van der Waals surface area contributed by atoms with Crippen molar-refractivity contribution in [2.45, 2.75) is 13.8 Å². The molecule has 0 aliphatic heterocycles. The van der Waals surface area contributed by atoms with Gasteiger partial charge in [0.25, 0.3) is 0 Å². The number of hydrogen-bond donors (Lipinski definition) is 0. The maximum atomic E-state index is 4.71. The normalized spacial score (nSPS) is 11.2. The lowest BCUT2D eigenvalue weighted by atomic mass is 10.2. The number of hydrogen-bond acceptors (Lipinski definition) is 3. The lowest BCUT2D eigenvalue weighted by molar-refractivity contribution is 1.41. The van der Waals surface area contributed by atoms with E-state index in [1.807, 2.05) is 0 Å². The Balaban J connectivity index is 2.21. The van der Waals surface area contributed by atoms with Crippen LogP contribution in [0.5, 0.6) is 0 Å². The Morgan fingerprint density at radius 3 is 2.76 bits per heavy atom. The molecule has 0 saturated carbocycles. The van der Waals surface area contributed by atoms with Gasteiger partial charge in [0.1, 0.15) is 5.01 Å². The molecule has 0 N–H and O–H groups in total. The van der Waals surface area contributed by atoms with Gasteiger partial charge in [-0.05, 0) is 37.6 Å². The van der Waals surface area contributed by atoms with Crippen LogP contribution in [0.2, 0.25) is 0 Å². The highest BCUT2D eigenvalue weighted by molar-refractivity contribution is 9.10. The zero-order valence-corrected chi connectivity index (χ0v) is 12.7. The van der Waals surface area contributed by atoms with Gasteiger partial charge in [-0.15, -0.1) is 22.7 Å². The van der Waals surface area contributed by atoms with Gasteiger partial charge in [0.15, 0.2) is 0 Å². The first kappa shape index (κ1) is 11.4. The largest absolute Gasteiger partial charge is 0.236 e. The molecular weight excluding hydrogens is 314 g/mol. The van der Waals surface area contributed by atoms with E-state index in [2.05, 4.69) is 53.4 Å². The number of rotatable bonds is 1. The molecule has 86 valence electrons. The van der Waals surface area contributed by atoms with Crippen molar-refractivity contribution >= 4 is 48.8 Å². The maximum absolute atomic E-state index is 4.71. The second-order valence-electron chi connectivity index (χ2n) is 3.96. The number of aromatic nitrogens is 1. The minimum atomic E-state index is 1.07. The molecule has 0 unspecified atom stereocenters. The third kappa shape index (κ3) is 1.94. The van der Waals surface area contributed by atoms with Crippen LogP contribution in [0.3, 0.4) is 0 Å². The molecule has 17 heavy (non-hydrogen) atoms. The van der Waals surface area contributed by atoms with Crippen LogP contribution in [-0.4, -0.2) is 4.98 Å². The highest BCUT2D eigenvalue weighted by Gasteiger charge is 2.11. The van der Waals surface area contributed by atoms with Crippen LogP contribution in [0.15, 0.2) is 28.1 Å². The molecule has 0 spiro atoms. The first-order valence-electron chi connectivity index (χ1n) is 5.26. The van der Waals surface area contributed by atoms with E-state index in [1.165, 1.54) is 20.7 Å². The molecule has 3 rings (SSSR count). The average Bonchev–Trinajstić information content (AvgIpc) is 2.83. The Bertz CT molecular complexity index is 697. The summed E-state index contributed by atoms with van der Waals surface area (Å²) in [4.78, 5) is 6.09. The highest BCUT2D eigenvalue weighted by Crippen LogP contribution is 2.36. The smallest absolute Gasteiger partial charge is 0.125 e. The van der Waals surface area contributed by atoms with Crippen molar-refractivity contribution in [2.75, 3.05) is 0 Å². The Labute approximate surface area is 116 Å². The molecule has 4 heteroatoms. The van der Waals surface area contributed by atoms with E-state index in [4.69, 9.17) is 4.98 Å². The molecule has 3 aromatic rings. The summed E-state index contributed by atoms with van der Waals surface area (Å²) in [5, 5.41) is 3.33. The van der Waals surface area contributed by atoms with Gasteiger partial charge < -0.3 is 0 Å². The number of nitrogens with zero attached hydrogens (tertiary/aromatic N) is 1. The van der Waals surface area contributed by atoms with Crippen LogP contribution >= 0.6 is 38.6 Å². The molecule has 0 aliphatic carbocycles. The van der Waals surface area contributed by atoms with Crippen LogP contribution in [0.1, 0.15) is 10.4 Å². The molecular formula is C13H10BrNS2. The Morgan fingerprint density at radius 1 is 1.24 bits per heavy atom. The number of aryl methyl sites for hydroxylation is 1. The number of thiazole rings is 1. The number of benzene rings is 1. The van der Waals surface area contributed by atoms with Crippen molar-refractivity contribution in [1.82, 2.24) is 4.98 Å². The SMILES string of the molecule is Cc1scc(-c2nc3cc(Br)ccc3s2)c1C. The van der Waals surface area contributed by atoms with Gasteiger partial charge in [-0.2, -0.15) is 0 Å². The maximum Gasteiger partial charge on any atom is 0.125 e. The quantitative estimate of drug-likeness (QED) is 0.584. The predicted octanol–water partition coefficient (Wildman–Crippen LogP) is 5.40. The van der Waals surface area contributed by atoms with Crippen molar-refractivity contribution in [3.05, 3.63) is 38.5 Å². The fraction of sp³-hybridized carbons (Fsp3) is 0.154. The van der Waals surface area contributed by atoms with Gasteiger partial charge in [0, 0.05) is 20.3 Å². The van der Waals surface area contributed by atoms with E-state index in [0.29, 0.717) is 0 Å². The van der Waals surface area contributed by atoms with E-state index < -0.39 is 0 Å². The summed E-state index contributed by atoms with van der Waals surface area (Å²) in [6.07, 6.45) is 0. The number of fused-ring (bicyclic) bond motifs is 1. The molecule has 0 fully saturated rings. The Kier molecular flexibility index (Phi) is 2.81. The number of thiophene rings is 1. The molecule has 0 saturated heterocycles. The van der Waals surface area contributed by atoms with E-state index in [9.17, 15) is 0 Å². The third-order valence-electron chi connectivity index (χ3n) is 2.87. The summed E-state index contributed by atoms with van der Waals surface area (Å²) >= 11 is 7.04. The molecule has 1 aromatic carbocycles. The summed E-state index contributed by atoms with van der Waals surface area (Å²) in [5.41, 5.74) is 3.71. The lowest BCUT2D eigenvalue weighted by Crippen LogP contribution is -1.77. The van der Waals surface area contributed by atoms with E-state index in [0.717, 1.165) is 15.0 Å². The molecule has 0 bridgehead atoms. The first-order valence-corrected chi connectivity index (χ1v) is 7.75. The van der Waals surface area contributed by atoms with Gasteiger partial charge in [-0.25, -0.2) is 4.98 Å². The Morgan fingerprint density at radius 2 is 2.06 bits per heavy atom. The topological polar surface area (TPSA) is 12.9 Å². The molecule has 0 aliphatic rings. The lowest BCUT2D eigenvalue weighted by Gasteiger charge is -1.93. The van der Waals surface area contributed by atoms with Crippen molar-refractivity contribution < 1.29 is 0 Å². The van der Waals surface area contributed by atoms with E-state index in [1.54, 1.807) is 22.7 Å². The molecule has 1 nitrogen and oxygen atoms in total.